The molecular formula is C19H21ClN2O5S. The van der Waals surface area contributed by atoms with Crippen molar-refractivity contribution in [2.75, 3.05) is 18.5 Å². The lowest BCUT2D eigenvalue weighted by molar-refractivity contribution is -0.118. The van der Waals surface area contributed by atoms with E-state index in [9.17, 15) is 13.2 Å². The second-order valence-electron chi connectivity index (χ2n) is 6.64. The molecule has 7 nitrogen and oxygen atoms in total. The number of anilines is 1. The summed E-state index contributed by atoms with van der Waals surface area (Å²) in [6, 6.07) is 9.97. The lowest BCUT2D eigenvalue weighted by Gasteiger charge is -2.23. The van der Waals surface area contributed by atoms with Crippen LogP contribution in [0.15, 0.2) is 47.4 Å². The molecule has 2 aromatic carbocycles. The van der Waals surface area contributed by atoms with Gasteiger partial charge in [-0.2, -0.15) is 4.72 Å². The van der Waals surface area contributed by atoms with E-state index in [-0.39, 0.29) is 10.8 Å². The van der Waals surface area contributed by atoms with Crippen LogP contribution < -0.4 is 19.5 Å². The van der Waals surface area contributed by atoms with E-state index in [4.69, 9.17) is 21.1 Å². The quantitative estimate of drug-likeness (QED) is 0.743. The molecule has 150 valence electrons. The van der Waals surface area contributed by atoms with Crippen molar-refractivity contribution in [2.45, 2.75) is 24.8 Å². The van der Waals surface area contributed by atoms with Gasteiger partial charge in [0.25, 0.3) is 0 Å². The number of ether oxygens (including phenoxy) is 2. The van der Waals surface area contributed by atoms with Gasteiger partial charge in [0.05, 0.1) is 4.90 Å². The van der Waals surface area contributed by atoms with Crippen molar-refractivity contribution in [3.63, 3.8) is 0 Å². The molecule has 2 aromatic rings. The van der Waals surface area contributed by atoms with Crippen LogP contribution in [0.3, 0.4) is 0 Å². The fourth-order valence-electron chi connectivity index (χ4n) is 2.67. The SMILES string of the molecule is CC(C)C(NS(=O)(=O)c1ccc2c(c1)OCCO2)C(=O)Nc1ccc(Cl)cc1. The van der Waals surface area contributed by atoms with Crippen LogP contribution in [0, 0.1) is 5.92 Å². The van der Waals surface area contributed by atoms with Gasteiger partial charge in [-0.1, -0.05) is 25.4 Å². The maximum absolute atomic E-state index is 12.8. The van der Waals surface area contributed by atoms with Crippen molar-refractivity contribution in [3.05, 3.63) is 47.5 Å². The average Bonchev–Trinajstić information content (AvgIpc) is 2.67. The number of sulfonamides is 1. The summed E-state index contributed by atoms with van der Waals surface area (Å²) in [6.45, 7) is 4.29. The summed E-state index contributed by atoms with van der Waals surface area (Å²) in [7, 11) is -3.95. The van der Waals surface area contributed by atoms with Gasteiger partial charge in [-0.15, -0.1) is 0 Å². The maximum atomic E-state index is 12.8. The van der Waals surface area contributed by atoms with E-state index in [1.165, 1.54) is 12.1 Å². The minimum Gasteiger partial charge on any atom is -0.486 e. The van der Waals surface area contributed by atoms with Gasteiger partial charge < -0.3 is 14.8 Å². The van der Waals surface area contributed by atoms with Gasteiger partial charge in [-0.05, 0) is 42.3 Å². The lowest BCUT2D eigenvalue weighted by atomic mass is 10.0. The molecule has 2 N–H and O–H groups in total. The normalized spacial score (nSPS) is 14.6. The van der Waals surface area contributed by atoms with Gasteiger partial charge in [0.2, 0.25) is 15.9 Å². The highest BCUT2D eigenvalue weighted by Gasteiger charge is 2.29. The average molecular weight is 425 g/mol. The molecule has 28 heavy (non-hydrogen) atoms. The first-order valence-electron chi connectivity index (χ1n) is 8.75. The van der Waals surface area contributed by atoms with Crippen LogP contribution in [0.2, 0.25) is 5.02 Å². The number of hydrogen-bond acceptors (Lipinski definition) is 5. The van der Waals surface area contributed by atoms with Crippen LogP contribution in [0.1, 0.15) is 13.8 Å². The largest absolute Gasteiger partial charge is 0.486 e. The zero-order valence-electron chi connectivity index (χ0n) is 15.4. The van der Waals surface area contributed by atoms with Crippen LogP contribution in [0.4, 0.5) is 5.69 Å². The molecule has 0 spiro atoms. The number of fused-ring (bicyclic) bond motifs is 1. The van der Waals surface area contributed by atoms with Gasteiger partial charge in [0, 0.05) is 16.8 Å². The van der Waals surface area contributed by atoms with Gasteiger partial charge in [-0.25, -0.2) is 8.42 Å². The Labute approximate surface area is 169 Å². The van der Waals surface area contributed by atoms with Crippen molar-refractivity contribution >= 4 is 33.2 Å². The lowest BCUT2D eigenvalue weighted by Crippen LogP contribution is -2.47. The van der Waals surface area contributed by atoms with Crippen molar-refractivity contribution in [1.82, 2.24) is 4.72 Å². The summed E-state index contributed by atoms with van der Waals surface area (Å²) < 4.78 is 39.0. The molecule has 0 saturated carbocycles. The zero-order chi connectivity index (χ0) is 20.3. The first-order valence-corrected chi connectivity index (χ1v) is 10.6. The van der Waals surface area contributed by atoms with Crippen LogP contribution in [-0.2, 0) is 14.8 Å². The topological polar surface area (TPSA) is 93.7 Å². The van der Waals surface area contributed by atoms with Gasteiger partial charge in [0.15, 0.2) is 11.5 Å². The molecule has 0 radical (unpaired) electrons. The van der Waals surface area contributed by atoms with Gasteiger partial charge >= 0.3 is 0 Å². The molecule has 1 aliphatic heterocycles. The van der Waals surface area contributed by atoms with Crippen LogP contribution in [0.5, 0.6) is 11.5 Å². The predicted octanol–water partition coefficient (Wildman–Crippen LogP) is 3.05. The van der Waals surface area contributed by atoms with E-state index in [2.05, 4.69) is 10.0 Å². The van der Waals surface area contributed by atoms with E-state index in [0.717, 1.165) is 0 Å². The Morgan fingerprint density at radius 3 is 2.32 bits per heavy atom. The standard InChI is InChI=1S/C19H21ClN2O5S/c1-12(2)18(19(23)21-14-5-3-13(20)4-6-14)22-28(24,25)15-7-8-16-17(11-15)27-10-9-26-16/h3-8,11-12,18,22H,9-10H2,1-2H3,(H,21,23). The van der Waals surface area contributed by atoms with Crippen molar-refractivity contribution in [3.8, 4) is 11.5 Å². The Morgan fingerprint density at radius 2 is 1.68 bits per heavy atom. The van der Waals surface area contributed by atoms with E-state index in [1.54, 1.807) is 44.2 Å². The highest BCUT2D eigenvalue weighted by atomic mass is 35.5. The summed E-state index contributed by atoms with van der Waals surface area (Å²) in [5, 5.41) is 3.24. The summed E-state index contributed by atoms with van der Waals surface area (Å²) in [5.74, 6) is 0.115. The Kier molecular flexibility index (Phi) is 6.12. The van der Waals surface area contributed by atoms with E-state index in [1.807, 2.05) is 0 Å². The minimum atomic E-state index is -3.95. The number of halogens is 1. The summed E-state index contributed by atoms with van der Waals surface area (Å²) >= 11 is 5.84. The number of carbonyl (C=O) groups excluding carboxylic acids is 1. The molecule has 0 saturated heterocycles. The molecule has 1 atom stereocenters. The molecule has 1 aliphatic rings. The molecule has 1 amide bonds. The third-order valence-corrected chi connectivity index (χ3v) is 5.86. The van der Waals surface area contributed by atoms with E-state index in [0.29, 0.717) is 35.4 Å². The highest BCUT2D eigenvalue weighted by molar-refractivity contribution is 7.89. The molecule has 0 aliphatic carbocycles. The first kappa shape index (κ1) is 20.4. The molecule has 1 heterocycles. The number of amides is 1. The Morgan fingerprint density at radius 1 is 1.04 bits per heavy atom. The van der Waals surface area contributed by atoms with Crippen LogP contribution >= 0.6 is 11.6 Å². The molecule has 9 heteroatoms. The van der Waals surface area contributed by atoms with Crippen LogP contribution in [0.25, 0.3) is 0 Å². The third kappa shape index (κ3) is 4.76. The van der Waals surface area contributed by atoms with Crippen molar-refractivity contribution in [2.24, 2.45) is 5.92 Å². The fourth-order valence-corrected chi connectivity index (χ4v) is 4.16. The number of nitrogens with one attached hydrogen (secondary N) is 2. The molecule has 0 fully saturated rings. The van der Waals surface area contributed by atoms with Crippen LogP contribution in [-0.4, -0.2) is 33.6 Å². The molecule has 1 unspecified atom stereocenters. The van der Waals surface area contributed by atoms with E-state index < -0.39 is 22.0 Å². The Hall–Kier alpha value is -2.29. The maximum Gasteiger partial charge on any atom is 0.242 e. The smallest absolute Gasteiger partial charge is 0.242 e. The first-order chi connectivity index (χ1) is 13.3. The number of carbonyl (C=O) groups is 1. The zero-order valence-corrected chi connectivity index (χ0v) is 17.0. The summed E-state index contributed by atoms with van der Waals surface area (Å²) in [5.41, 5.74) is 0.526. The Balaban J connectivity index is 1.79. The minimum absolute atomic E-state index is 0.00157. The fraction of sp³-hybridized carbons (Fsp3) is 0.316. The summed E-state index contributed by atoms with van der Waals surface area (Å²) in [4.78, 5) is 12.7. The van der Waals surface area contributed by atoms with Gasteiger partial charge in [-0.3, -0.25) is 4.79 Å². The predicted molar refractivity (Wildman–Crippen MR) is 106 cm³/mol. The molecular weight excluding hydrogens is 404 g/mol. The monoisotopic (exact) mass is 424 g/mol. The molecule has 0 bridgehead atoms. The second kappa shape index (κ2) is 8.38. The third-order valence-electron chi connectivity index (χ3n) is 4.17. The number of rotatable bonds is 6. The number of benzene rings is 2. The second-order valence-corrected chi connectivity index (χ2v) is 8.80. The molecule has 3 rings (SSSR count). The van der Waals surface area contributed by atoms with Crippen molar-refractivity contribution in [1.29, 1.82) is 0 Å². The summed E-state index contributed by atoms with van der Waals surface area (Å²) in [6.07, 6.45) is 0. The Bertz CT molecular complexity index is 961. The molecule has 0 aromatic heterocycles. The highest BCUT2D eigenvalue weighted by Crippen LogP contribution is 2.32. The van der Waals surface area contributed by atoms with E-state index >= 15 is 0 Å². The van der Waals surface area contributed by atoms with Gasteiger partial charge in [0.1, 0.15) is 19.3 Å². The van der Waals surface area contributed by atoms with Crippen molar-refractivity contribution < 1.29 is 22.7 Å². The number of hydrogen-bond donors (Lipinski definition) is 2.